The number of terminal acetylenes is 1. The lowest BCUT2D eigenvalue weighted by atomic mass is 9.98. The lowest BCUT2D eigenvalue weighted by Gasteiger charge is -2.32. The molecule has 0 radical (unpaired) electrons. The molecule has 2 saturated heterocycles. The van der Waals surface area contributed by atoms with Crippen LogP contribution in [-0.2, 0) is 24.0 Å². The second-order valence-corrected chi connectivity index (χ2v) is 13.6. The molecule has 0 saturated carbocycles. The van der Waals surface area contributed by atoms with Crippen molar-refractivity contribution in [1.82, 2.24) is 26.2 Å². The number of carbonyl (C=O) groups excluding carboxylic acids is 5. The van der Waals surface area contributed by atoms with Crippen molar-refractivity contribution in [2.24, 2.45) is 22.7 Å². The minimum absolute atomic E-state index is 0.0161. The second-order valence-electron chi connectivity index (χ2n) is 13.6. The average Bonchev–Trinajstić information content (AvgIpc) is 3.48. The number of hydrogen-bond donors (Lipinski definition) is 4. The monoisotopic (exact) mass is 634 g/mol. The quantitative estimate of drug-likeness (QED) is 0.256. The number of para-hydroxylation sites is 1. The van der Waals surface area contributed by atoms with Gasteiger partial charge in [-0.3, -0.25) is 24.0 Å². The molecule has 0 aromatic heterocycles. The lowest BCUT2D eigenvalue weighted by molar-refractivity contribution is -0.143. The van der Waals surface area contributed by atoms with Crippen LogP contribution in [0.3, 0.4) is 0 Å². The number of hydrogen-bond acceptors (Lipinski definition) is 6. The van der Waals surface area contributed by atoms with Crippen molar-refractivity contribution in [2.75, 3.05) is 6.54 Å². The van der Waals surface area contributed by atoms with Crippen LogP contribution in [0.15, 0.2) is 29.3 Å². The highest BCUT2D eigenvalue weighted by molar-refractivity contribution is 6.06. The Morgan fingerprint density at radius 3 is 1.93 bits per heavy atom. The minimum Gasteiger partial charge on any atom is -0.343 e. The molecule has 2 aliphatic rings. The van der Waals surface area contributed by atoms with Crippen LogP contribution in [0.25, 0.3) is 0 Å². The standard InChI is InChI=1S/C35H50N6O5/c1-9-24(36-25-14-11-10-13-23(25)8)19-28-32(43)37-26(17-20(2)3)31(42)38-27(18-21(4)5)33(44)40-30(22(6)7)35(46)41-16-12-15-29(41)34(45)39-28/h1,10-11,13-14,20-22,26-30H,12,15-19H2,2-8H3,(H,37,43)(H,38,42)(H,39,45)(H,40,44)/t26?,27?,28-,29-,30-/m0/s1. The largest absolute Gasteiger partial charge is 0.343 e. The summed E-state index contributed by atoms with van der Waals surface area (Å²) in [6.45, 7) is 13.6. The summed E-state index contributed by atoms with van der Waals surface area (Å²) in [7, 11) is 0. The smallest absolute Gasteiger partial charge is 0.246 e. The molecule has 4 N–H and O–H groups in total. The Morgan fingerprint density at radius 2 is 1.39 bits per heavy atom. The second kappa shape index (κ2) is 16.4. The number of rotatable bonds is 8. The molecule has 3 rings (SSSR count). The Kier molecular flexibility index (Phi) is 12.9. The number of benzene rings is 1. The number of nitrogens with one attached hydrogen (secondary N) is 4. The molecule has 0 bridgehead atoms. The molecule has 5 amide bonds. The maximum Gasteiger partial charge on any atom is 0.246 e. The summed E-state index contributed by atoms with van der Waals surface area (Å²) in [6.07, 6.45) is 7.34. The van der Waals surface area contributed by atoms with Crippen molar-refractivity contribution in [1.29, 1.82) is 0 Å². The van der Waals surface area contributed by atoms with Crippen LogP contribution in [0.1, 0.15) is 79.2 Å². The first kappa shape index (κ1) is 36.3. The first-order valence-electron chi connectivity index (χ1n) is 16.3. The molecule has 11 heteroatoms. The first-order chi connectivity index (χ1) is 21.7. The summed E-state index contributed by atoms with van der Waals surface area (Å²) in [6, 6.07) is 2.55. The van der Waals surface area contributed by atoms with Crippen LogP contribution in [0.2, 0.25) is 0 Å². The summed E-state index contributed by atoms with van der Waals surface area (Å²) >= 11 is 0. The normalized spacial score (nSPS) is 25.3. The molecule has 11 nitrogen and oxygen atoms in total. The van der Waals surface area contributed by atoms with Gasteiger partial charge in [-0.05, 0) is 62.0 Å². The molecule has 2 fully saturated rings. The molecule has 46 heavy (non-hydrogen) atoms. The van der Waals surface area contributed by atoms with Crippen molar-refractivity contribution in [3.8, 4) is 12.3 Å². The van der Waals surface area contributed by atoms with Gasteiger partial charge >= 0.3 is 0 Å². The van der Waals surface area contributed by atoms with Crippen molar-refractivity contribution in [2.45, 2.75) is 111 Å². The molecule has 0 aliphatic carbocycles. The van der Waals surface area contributed by atoms with Gasteiger partial charge < -0.3 is 26.2 Å². The highest BCUT2D eigenvalue weighted by Crippen LogP contribution is 2.22. The van der Waals surface area contributed by atoms with E-state index in [9.17, 15) is 24.0 Å². The van der Waals surface area contributed by atoms with E-state index >= 15 is 0 Å². The topological polar surface area (TPSA) is 149 Å². The number of amides is 5. The summed E-state index contributed by atoms with van der Waals surface area (Å²) in [4.78, 5) is 75.1. The molecule has 0 spiro atoms. The number of carbonyl (C=O) groups is 5. The van der Waals surface area contributed by atoms with E-state index in [1.165, 1.54) is 4.90 Å². The van der Waals surface area contributed by atoms with Crippen molar-refractivity contribution < 1.29 is 24.0 Å². The number of aryl methyl sites for hydroxylation is 1. The number of nitrogens with zero attached hydrogens (tertiary/aromatic N) is 2. The predicted molar refractivity (Wildman–Crippen MR) is 178 cm³/mol. The maximum atomic E-state index is 13.9. The van der Waals surface area contributed by atoms with E-state index in [0.717, 1.165) is 5.56 Å². The van der Waals surface area contributed by atoms with Crippen molar-refractivity contribution in [3.63, 3.8) is 0 Å². The van der Waals surface area contributed by atoms with E-state index in [0.29, 0.717) is 31.5 Å². The Bertz CT molecular complexity index is 1360. The van der Waals surface area contributed by atoms with E-state index in [1.807, 2.05) is 66.7 Å². The van der Waals surface area contributed by atoms with E-state index in [-0.39, 0.29) is 42.2 Å². The molecule has 1 aromatic carbocycles. The summed E-state index contributed by atoms with van der Waals surface area (Å²) in [5, 5.41) is 11.4. The molecular weight excluding hydrogens is 584 g/mol. The fourth-order valence-corrected chi connectivity index (χ4v) is 5.84. The maximum absolute atomic E-state index is 13.9. The van der Waals surface area contributed by atoms with E-state index in [2.05, 4.69) is 32.2 Å². The molecule has 250 valence electrons. The van der Waals surface area contributed by atoms with E-state index < -0.39 is 53.8 Å². The Morgan fingerprint density at radius 1 is 0.848 bits per heavy atom. The van der Waals surface area contributed by atoms with Gasteiger partial charge in [0.15, 0.2) is 0 Å². The summed E-state index contributed by atoms with van der Waals surface area (Å²) < 4.78 is 0. The third-order valence-electron chi connectivity index (χ3n) is 8.32. The Hall–Kier alpha value is -4.20. The zero-order valence-electron chi connectivity index (χ0n) is 28.2. The first-order valence-corrected chi connectivity index (χ1v) is 16.3. The van der Waals surface area contributed by atoms with Gasteiger partial charge in [-0.1, -0.05) is 65.7 Å². The SMILES string of the molecule is C#CC(C[C@@H]1NC(=O)[C@@H]2CCCN2C(=O)[C@H](C(C)C)NC(=O)C(CC(C)C)NC(=O)C(CC(C)C)NC1=O)=Nc1ccccc1C. The van der Waals surface area contributed by atoms with Gasteiger partial charge in [0.2, 0.25) is 29.5 Å². The highest BCUT2D eigenvalue weighted by atomic mass is 16.2. The summed E-state index contributed by atoms with van der Waals surface area (Å²) in [5.41, 5.74) is 1.76. The molecule has 2 unspecified atom stereocenters. The minimum atomic E-state index is -1.18. The molecule has 5 atom stereocenters. The zero-order valence-corrected chi connectivity index (χ0v) is 28.2. The van der Waals surface area contributed by atoms with Crippen LogP contribution >= 0.6 is 0 Å². The fourth-order valence-electron chi connectivity index (χ4n) is 5.84. The summed E-state index contributed by atoms with van der Waals surface area (Å²) in [5.74, 6) is -0.177. The Balaban J connectivity index is 2.09. The van der Waals surface area contributed by atoms with Crippen LogP contribution in [0, 0.1) is 37.0 Å². The van der Waals surface area contributed by atoms with Gasteiger partial charge in [-0.25, -0.2) is 4.99 Å². The molecular formula is C35H50N6O5. The average molecular weight is 635 g/mol. The fraction of sp³-hybridized carbons (Fsp3) is 0.600. The van der Waals surface area contributed by atoms with Crippen LogP contribution in [0.4, 0.5) is 5.69 Å². The van der Waals surface area contributed by atoms with Gasteiger partial charge in [0.05, 0.1) is 11.4 Å². The zero-order chi connectivity index (χ0) is 34.1. The van der Waals surface area contributed by atoms with E-state index in [4.69, 9.17) is 6.42 Å². The Labute approximate surface area is 273 Å². The number of aliphatic imine (C=N–C) groups is 1. The molecule has 2 aliphatic heterocycles. The predicted octanol–water partition coefficient (Wildman–Crippen LogP) is 2.78. The van der Waals surface area contributed by atoms with Gasteiger partial charge in [0.25, 0.3) is 0 Å². The van der Waals surface area contributed by atoms with Crippen LogP contribution < -0.4 is 21.3 Å². The van der Waals surface area contributed by atoms with Crippen LogP contribution in [-0.4, -0.2) is 76.9 Å². The number of fused-ring (bicyclic) bond motifs is 1. The van der Waals surface area contributed by atoms with Crippen molar-refractivity contribution >= 4 is 40.9 Å². The van der Waals surface area contributed by atoms with Gasteiger partial charge in [0.1, 0.15) is 30.2 Å². The lowest BCUT2D eigenvalue weighted by Crippen LogP contribution is -2.59. The molecule has 2 heterocycles. The third-order valence-corrected chi connectivity index (χ3v) is 8.32. The van der Waals surface area contributed by atoms with Gasteiger partial charge in [-0.15, -0.1) is 6.42 Å². The van der Waals surface area contributed by atoms with E-state index in [1.54, 1.807) is 6.07 Å². The van der Waals surface area contributed by atoms with Gasteiger partial charge in [-0.2, -0.15) is 0 Å². The van der Waals surface area contributed by atoms with Crippen LogP contribution in [0.5, 0.6) is 0 Å². The third kappa shape index (κ3) is 9.65. The van der Waals surface area contributed by atoms with Gasteiger partial charge in [0, 0.05) is 13.0 Å². The highest BCUT2D eigenvalue weighted by Gasteiger charge is 2.41. The molecule has 1 aromatic rings. The van der Waals surface area contributed by atoms with Crippen molar-refractivity contribution in [3.05, 3.63) is 29.8 Å².